The van der Waals surface area contributed by atoms with Crippen LogP contribution in [0.2, 0.25) is 0 Å². The predicted molar refractivity (Wildman–Crippen MR) is 64.2 cm³/mol. The Morgan fingerprint density at radius 1 is 1.57 bits per heavy atom. The third-order valence-electron chi connectivity index (χ3n) is 3.47. The lowest BCUT2D eigenvalue weighted by molar-refractivity contribution is 0.485. The largest absolute Gasteiger partial charge is 0.308 e. The molecule has 3 rings (SSSR count). The van der Waals surface area contributed by atoms with Crippen LogP contribution in [0.1, 0.15) is 29.3 Å². The number of rotatable bonds is 2. The monoisotopic (exact) mass is 225 g/mol. The first-order valence-corrected chi connectivity index (χ1v) is 7.31. The summed E-state index contributed by atoms with van der Waals surface area (Å²) in [5.74, 6) is 0. The van der Waals surface area contributed by atoms with E-state index in [1.54, 1.807) is 10.4 Å². The second kappa shape index (κ2) is 3.26. The average Bonchev–Trinajstić information content (AvgIpc) is 2.87. The fraction of sp³-hybridized carbons (Fsp3) is 0.636. The van der Waals surface area contributed by atoms with Crippen LogP contribution in [0.5, 0.6) is 0 Å². The van der Waals surface area contributed by atoms with Crippen molar-refractivity contribution >= 4 is 23.1 Å². The van der Waals surface area contributed by atoms with E-state index in [9.17, 15) is 0 Å². The van der Waals surface area contributed by atoms with E-state index in [2.05, 4.69) is 34.8 Å². The number of fused-ring (bicyclic) bond motifs is 1. The zero-order chi connectivity index (χ0) is 9.60. The van der Waals surface area contributed by atoms with E-state index < -0.39 is 0 Å². The average molecular weight is 225 g/mol. The molecule has 1 atom stereocenters. The van der Waals surface area contributed by atoms with Gasteiger partial charge in [-0.05, 0) is 42.5 Å². The van der Waals surface area contributed by atoms with Crippen LogP contribution in [-0.4, -0.2) is 17.5 Å². The topological polar surface area (TPSA) is 12.0 Å². The quantitative estimate of drug-likeness (QED) is 0.830. The smallest absolute Gasteiger partial charge is 0.0480 e. The molecule has 1 aromatic rings. The van der Waals surface area contributed by atoms with Crippen molar-refractivity contribution in [2.75, 3.05) is 12.8 Å². The zero-order valence-corrected chi connectivity index (χ0v) is 10.0. The van der Waals surface area contributed by atoms with Gasteiger partial charge in [0.05, 0.1) is 0 Å². The summed E-state index contributed by atoms with van der Waals surface area (Å²) in [6, 6.07) is 2.96. The molecule has 1 aliphatic heterocycles. The van der Waals surface area contributed by atoms with Gasteiger partial charge in [0.25, 0.3) is 0 Å². The summed E-state index contributed by atoms with van der Waals surface area (Å²) >= 11 is 3.99. The van der Waals surface area contributed by atoms with Crippen LogP contribution in [-0.2, 0) is 6.42 Å². The van der Waals surface area contributed by atoms with Gasteiger partial charge in [0.1, 0.15) is 0 Å². The fourth-order valence-electron chi connectivity index (χ4n) is 2.45. The molecule has 3 heteroatoms. The van der Waals surface area contributed by atoms with Crippen molar-refractivity contribution in [3.05, 3.63) is 21.9 Å². The number of thiophene rings is 1. The van der Waals surface area contributed by atoms with Crippen LogP contribution < -0.4 is 5.32 Å². The van der Waals surface area contributed by atoms with Gasteiger partial charge in [-0.2, -0.15) is 11.8 Å². The minimum absolute atomic E-state index is 0.538. The highest BCUT2D eigenvalue weighted by Crippen LogP contribution is 2.56. The fourth-order valence-corrected chi connectivity index (χ4v) is 4.33. The summed E-state index contributed by atoms with van der Waals surface area (Å²) in [5, 5.41) is 5.95. The Hall–Kier alpha value is 0.0100. The normalized spacial score (nSPS) is 28.5. The molecule has 1 N–H and O–H groups in total. The molecule has 0 saturated heterocycles. The van der Waals surface area contributed by atoms with E-state index in [1.807, 2.05) is 11.3 Å². The number of hydrogen-bond acceptors (Lipinski definition) is 3. The van der Waals surface area contributed by atoms with Crippen LogP contribution >= 0.6 is 23.1 Å². The number of thioether (sulfide) groups is 1. The molecular formula is C11H15NS2. The Morgan fingerprint density at radius 3 is 3.14 bits per heavy atom. The van der Waals surface area contributed by atoms with Crippen LogP contribution in [0.3, 0.4) is 0 Å². The molecular weight excluding hydrogens is 210 g/mol. The van der Waals surface area contributed by atoms with Crippen molar-refractivity contribution in [2.24, 2.45) is 0 Å². The minimum Gasteiger partial charge on any atom is -0.308 e. The molecule has 1 saturated carbocycles. The molecule has 76 valence electrons. The van der Waals surface area contributed by atoms with Gasteiger partial charge in [-0.25, -0.2) is 0 Å². The van der Waals surface area contributed by atoms with E-state index in [0.717, 1.165) is 0 Å². The van der Waals surface area contributed by atoms with Gasteiger partial charge in [0.15, 0.2) is 0 Å². The lowest BCUT2D eigenvalue weighted by atomic mass is 9.98. The van der Waals surface area contributed by atoms with Crippen molar-refractivity contribution in [3.63, 3.8) is 0 Å². The van der Waals surface area contributed by atoms with Crippen molar-refractivity contribution in [2.45, 2.75) is 30.1 Å². The second-order valence-corrected chi connectivity index (χ2v) is 6.43. The van der Waals surface area contributed by atoms with Gasteiger partial charge in [0.2, 0.25) is 0 Å². The van der Waals surface area contributed by atoms with Crippen LogP contribution in [0.25, 0.3) is 0 Å². The molecule has 2 heterocycles. The Kier molecular flexibility index (Phi) is 2.15. The molecule has 2 aliphatic rings. The maximum absolute atomic E-state index is 3.70. The molecule has 1 nitrogen and oxygen atoms in total. The standard InChI is InChI=1S/C11H15NS2/c1-13-11(4-5-11)10-8-3-7-14-9(8)2-6-12-10/h3,7,10,12H,2,4-6H2,1H3. The Labute approximate surface area is 93.3 Å². The molecule has 0 radical (unpaired) electrons. The van der Waals surface area contributed by atoms with Gasteiger partial charge in [0, 0.05) is 22.2 Å². The molecule has 0 amide bonds. The number of hydrogen-bond donors (Lipinski definition) is 1. The first-order chi connectivity index (χ1) is 6.86. The molecule has 1 aliphatic carbocycles. The summed E-state index contributed by atoms with van der Waals surface area (Å²) in [6.07, 6.45) is 6.27. The molecule has 0 bridgehead atoms. The van der Waals surface area contributed by atoms with Crippen molar-refractivity contribution in [1.29, 1.82) is 0 Å². The lowest BCUT2D eigenvalue weighted by Gasteiger charge is -2.30. The zero-order valence-electron chi connectivity index (χ0n) is 8.38. The molecule has 0 aromatic carbocycles. The van der Waals surface area contributed by atoms with E-state index in [-0.39, 0.29) is 0 Å². The van der Waals surface area contributed by atoms with E-state index in [4.69, 9.17) is 0 Å². The SMILES string of the molecule is CSC1(C2NCCc3sccc32)CC1. The Bertz CT molecular complexity index is 341. The van der Waals surface area contributed by atoms with E-state index in [1.165, 1.54) is 25.8 Å². The summed E-state index contributed by atoms with van der Waals surface area (Å²) in [5.41, 5.74) is 1.59. The van der Waals surface area contributed by atoms with Crippen molar-refractivity contribution in [3.8, 4) is 0 Å². The summed E-state index contributed by atoms with van der Waals surface area (Å²) < 4.78 is 0.538. The lowest BCUT2D eigenvalue weighted by Crippen LogP contribution is -2.36. The highest BCUT2D eigenvalue weighted by Gasteiger charge is 2.50. The Balaban J connectivity index is 1.96. The Morgan fingerprint density at radius 2 is 2.43 bits per heavy atom. The maximum Gasteiger partial charge on any atom is 0.0480 e. The summed E-state index contributed by atoms with van der Waals surface area (Å²) in [4.78, 5) is 1.62. The third kappa shape index (κ3) is 1.26. The third-order valence-corrected chi connectivity index (χ3v) is 5.92. The minimum atomic E-state index is 0.538. The molecule has 1 fully saturated rings. The predicted octanol–water partition coefficient (Wildman–Crippen LogP) is 2.83. The van der Waals surface area contributed by atoms with Gasteiger partial charge < -0.3 is 5.32 Å². The highest BCUT2D eigenvalue weighted by atomic mass is 32.2. The van der Waals surface area contributed by atoms with Crippen molar-refractivity contribution in [1.82, 2.24) is 5.32 Å². The summed E-state index contributed by atoms with van der Waals surface area (Å²) in [6.45, 7) is 1.17. The van der Waals surface area contributed by atoms with Gasteiger partial charge in [-0.1, -0.05) is 0 Å². The van der Waals surface area contributed by atoms with Crippen LogP contribution in [0.15, 0.2) is 11.4 Å². The first-order valence-electron chi connectivity index (χ1n) is 5.20. The van der Waals surface area contributed by atoms with Crippen LogP contribution in [0.4, 0.5) is 0 Å². The number of nitrogens with one attached hydrogen (secondary N) is 1. The molecule has 0 spiro atoms. The first kappa shape index (κ1) is 9.25. The van der Waals surface area contributed by atoms with Gasteiger partial charge in [-0.15, -0.1) is 11.3 Å². The molecule has 1 unspecified atom stereocenters. The van der Waals surface area contributed by atoms with Gasteiger partial charge in [-0.3, -0.25) is 0 Å². The maximum atomic E-state index is 3.70. The van der Waals surface area contributed by atoms with Crippen molar-refractivity contribution < 1.29 is 0 Å². The second-order valence-electron chi connectivity index (χ2n) is 4.21. The molecule has 1 aromatic heterocycles. The van der Waals surface area contributed by atoms with E-state index >= 15 is 0 Å². The summed E-state index contributed by atoms with van der Waals surface area (Å²) in [7, 11) is 0. The highest BCUT2D eigenvalue weighted by molar-refractivity contribution is 8.00. The molecule has 14 heavy (non-hydrogen) atoms. The van der Waals surface area contributed by atoms with E-state index in [0.29, 0.717) is 10.8 Å². The van der Waals surface area contributed by atoms with Gasteiger partial charge >= 0.3 is 0 Å². The van der Waals surface area contributed by atoms with Crippen LogP contribution in [0, 0.1) is 0 Å².